The standard InChI is InChI=1S/C14H20O7S/c1-18-14(15)7-8-19-9-10-20-11-12-21-22(16,17)13-5-3-2-4-6-13/h2-6H,7-12H2,1H3. The summed E-state index contributed by atoms with van der Waals surface area (Å²) in [5.74, 6) is -0.333. The molecule has 0 saturated carbocycles. The SMILES string of the molecule is COC(=O)CCOCCOCCOS(=O)(=O)c1ccccc1. The fraction of sp³-hybridized carbons (Fsp3) is 0.500. The van der Waals surface area contributed by atoms with E-state index in [2.05, 4.69) is 4.74 Å². The molecule has 0 bridgehead atoms. The van der Waals surface area contributed by atoms with E-state index in [4.69, 9.17) is 13.7 Å². The maximum absolute atomic E-state index is 11.8. The molecule has 0 aliphatic carbocycles. The van der Waals surface area contributed by atoms with Crippen molar-refractivity contribution in [1.82, 2.24) is 0 Å². The van der Waals surface area contributed by atoms with Gasteiger partial charge in [-0.1, -0.05) is 18.2 Å². The monoisotopic (exact) mass is 332 g/mol. The summed E-state index contributed by atoms with van der Waals surface area (Å²) in [7, 11) is -2.42. The molecule has 1 aromatic rings. The third kappa shape index (κ3) is 7.51. The average Bonchev–Trinajstić information content (AvgIpc) is 2.53. The van der Waals surface area contributed by atoms with Gasteiger partial charge in [0.05, 0.1) is 51.5 Å². The van der Waals surface area contributed by atoms with Gasteiger partial charge in [-0.25, -0.2) is 0 Å². The zero-order chi connectivity index (χ0) is 16.3. The van der Waals surface area contributed by atoms with E-state index in [1.807, 2.05) is 0 Å². The van der Waals surface area contributed by atoms with Gasteiger partial charge in [-0.15, -0.1) is 0 Å². The number of rotatable bonds is 11. The van der Waals surface area contributed by atoms with Crippen molar-refractivity contribution in [2.45, 2.75) is 11.3 Å². The molecule has 0 aliphatic heterocycles. The van der Waals surface area contributed by atoms with Crippen LogP contribution in [0.2, 0.25) is 0 Å². The highest BCUT2D eigenvalue weighted by Gasteiger charge is 2.13. The van der Waals surface area contributed by atoms with Crippen molar-refractivity contribution < 1.29 is 31.6 Å². The summed E-state index contributed by atoms with van der Waals surface area (Å²) in [6.07, 6.45) is 0.189. The molecular formula is C14H20O7S. The second kappa shape index (κ2) is 10.3. The molecule has 0 radical (unpaired) electrons. The van der Waals surface area contributed by atoms with Crippen LogP contribution in [0.1, 0.15) is 6.42 Å². The lowest BCUT2D eigenvalue weighted by molar-refractivity contribution is -0.141. The minimum atomic E-state index is -3.74. The fourth-order valence-corrected chi connectivity index (χ4v) is 2.35. The number of esters is 1. The Bertz CT molecular complexity index is 527. The molecule has 124 valence electrons. The van der Waals surface area contributed by atoms with Crippen LogP contribution in [0, 0.1) is 0 Å². The van der Waals surface area contributed by atoms with Crippen molar-refractivity contribution in [3.05, 3.63) is 30.3 Å². The van der Waals surface area contributed by atoms with Gasteiger partial charge < -0.3 is 14.2 Å². The topological polar surface area (TPSA) is 88.1 Å². The van der Waals surface area contributed by atoms with Crippen molar-refractivity contribution in [1.29, 1.82) is 0 Å². The van der Waals surface area contributed by atoms with E-state index in [0.717, 1.165) is 0 Å². The van der Waals surface area contributed by atoms with Crippen LogP contribution >= 0.6 is 0 Å². The third-order valence-corrected chi connectivity index (χ3v) is 3.87. The predicted molar refractivity (Wildman–Crippen MR) is 77.9 cm³/mol. The van der Waals surface area contributed by atoms with Gasteiger partial charge >= 0.3 is 5.97 Å². The summed E-state index contributed by atoms with van der Waals surface area (Å²) in [5.41, 5.74) is 0. The summed E-state index contributed by atoms with van der Waals surface area (Å²) in [5, 5.41) is 0. The van der Waals surface area contributed by atoms with Crippen LogP contribution in [0.25, 0.3) is 0 Å². The van der Waals surface area contributed by atoms with E-state index in [0.29, 0.717) is 6.61 Å². The van der Waals surface area contributed by atoms with Crippen LogP contribution in [0.15, 0.2) is 35.2 Å². The second-order valence-electron chi connectivity index (χ2n) is 4.14. The van der Waals surface area contributed by atoms with Gasteiger partial charge in [0, 0.05) is 0 Å². The summed E-state index contributed by atoms with van der Waals surface area (Å²) >= 11 is 0. The minimum Gasteiger partial charge on any atom is -0.469 e. The lowest BCUT2D eigenvalue weighted by Gasteiger charge is -2.07. The van der Waals surface area contributed by atoms with Crippen molar-refractivity contribution >= 4 is 16.1 Å². The van der Waals surface area contributed by atoms with Crippen LogP contribution in [-0.2, 0) is 33.3 Å². The number of carbonyl (C=O) groups is 1. The van der Waals surface area contributed by atoms with E-state index in [-0.39, 0.29) is 43.7 Å². The Morgan fingerprint density at radius 2 is 1.55 bits per heavy atom. The molecule has 0 spiro atoms. The minimum absolute atomic E-state index is 0.0701. The van der Waals surface area contributed by atoms with Gasteiger partial charge in [0.25, 0.3) is 10.1 Å². The highest BCUT2D eigenvalue weighted by atomic mass is 32.2. The number of ether oxygens (including phenoxy) is 3. The highest BCUT2D eigenvalue weighted by Crippen LogP contribution is 2.10. The van der Waals surface area contributed by atoms with Gasteiger partial charge in [-0.05, 0) is 12.1 Å². The molecule has 0 saturated heterocycles. The van der Waals surface area contributed by atoms with E-state index in [1.165, 1.54) is 19.2 Å². The maximum Gasteiger partial charge on any atom is 0.307 e. The Hall–Kier alpha value is -1.48. The predicted octanol–water partition coefficient (Wildman–Crippen LogP) is 0.988. The zero-order valence-electron chi connectivity index (χ0n) is 12.4. The van der Waals surface area contributed by atoms with Crippen molar-refractivity contribution in [2.75, 3.05) is 40.1 Å². The van der Waals surface area contributed by atoms with E-state index in [1.54, 1.807) is 18.2 Å². The molecule has 0 heterocycles. The highest BCUT2D eigenvalue weighted by molar-refractivity contribution is 7.86. The molecule has 0 aliphatic rings. The number of benzene rings is 1. The fourth-order valence-electron chi connectivity index (χ4n) is 1.44. The van der Waals surface area contributed by atoms with Gasteiger partial charge in [-0.2, -0.15) is 8.42 Å². The first kappa shape index (κ1) is 18.6. The van der Waals surface area contributed by atoms with Gasteiger partial charge in [-0.3, -0.25) is 8.98 Å². The summed E-state index contributed by atoms with van der Waals surface area (Å²) in [6, 6.07) is 7.90. The Balaban J connectivity index is 2.05. The number of hydrogen-bond donors (Lipinski definition) is 0. The molecule has 0 N–H and O–H groups in total. The zero-order valence-corrected chi connectivity index (χ0v) is 13.2. The molecule has 0 fully saturated rings. The lowest BCUT2D eigenvalue weighted by Crippen LogP contribution is -2.14. The van der Waals surface area contributed by atoms with E-state index >= 15 is 0 Å². The Morgan fingerprint density at radius 1 is 0.955 bits per heavy atom. The quantitative estimate of drug-likeness (QED) is 0.339. The maximum atomic E-state index is 11.8. The van der Waals surface area contributed by atoms with Crippen LogP contribution in [0.3, 0.4) is 0 Å². The van der Waals surface area contributed by atoms with Crippen LogP contribution in [0.4, 0.5) is 0 Å². The van der Waals surface area contributed by atoms with Gasteiger partial charge in [0.15, 0.2) is 0 Å². The largest absolute Gasteiger partial charge is 0.469 e. The third-order valence-electron chi connectivity index (χ3n) is 2.55. The summed E-state index contributed by atoms with van der Waals surface area (Å²) < 4.78 is 43.1. The van der Waals surface area contributed by atoms with Crippen LogP contribution < -0.4 is 0 Å². The van der Waals surface area contributed by atoms with Crippen molar-refractivity contribution in [3.8, 4) is 0 Å². The molecule has 1 rings (SSSR count). The van der Waals surface area contributed by atoms with E-state index < -0.39 is 10.1 Å². The molecule has 0 atom stereocenters. The molecule has 7 nitrogen and oxygen atoms in total. The van der Waals surface area contributed by atoms with Crippen LogP contribution in [-0.4, -0.2) is 54.5 Å². The summed E-state index contributed by atoms with van der Waals surface area (Å²) in [6.45, 7) is 0.916. The molecule has 0 aromatic heterocycles. The Kier molecular flexibility index (Phi) is 8.68. The molecule has 1 aromatic carbocycles. The first-order chi connectivity index (χ1) is 10.6. The molecule has 22 heavy (non-hydrogen) atoms. The Labute approximate surface area is 130 Å². The van der Waals surface area contributed by atoms with Crippen molar-refractivity contribution in [2.24, 2.45) is 0 Å². The molecule has 8 heteroatoms. The number of carbonyl (C=O) groups excluding carboxylic acids is 1. The molecule has 0 amide bonds. The van der Waals surface area contributed by atoms with Gasteiger partial charge in [0.1, 0.15) is 0 Å². The second-order valence-corrected chi connectivity index (χ2v) is 5.76. The normalized spacial score (nSPS) is 11.3. The number of methoxy groups -OCH3 is 1. The van der Waals surface area contributed by atoms with E-state index in [9.17, 15) is 13.2 Å². The molecule has 0 unspecified atom stereocenters. The molecular weight excluding hydrogens is 312 g/mol. The first-order valence-electron chi connectivity index (χ1n) is 6.73. The number of hydrogen-bond acceptors (Lipinski definition) is 7. The lowest BCUT2D eigenvalue weighted by atomic mass is 10.4. The Morgan fingerprint density at radius 3 is 2.18 bits per heavy atom. The summed E-state index contributed by atoms with van der Waals surface area (Å²) in [4.78, 5) is 10.9. The van der Waals surface area contributed by atoms with Crippen molar-refractivity contribution in [3.63, 3.8) is 0 Å². The average molecular weight is 332 g/mol. The first-order valence-corrected chi connectivity index (χ1v) is 8.14. The van der Waals surface area contributed by atoms with Crippen LogP contribution in [0.5, 0.6) is 0 Å². The smallest absolute Gasteiger partial charge is 0.307 e. The van der Waals surface area contributed by atoms with Gasteiger partial charge in [0.2, 0.25) is 0 Å².